The van der Waals surface area contributed by atoms with Gasteiger partial charge in [0.05, 0.1) is 6.10 Å². The van der Waals surface area contributed by atoms with Crippen molar-refractivity contribution in [3.8, 4) is 0 Å². The number of aliphatic hydroxyl groups excluding tert-OH is 1. The Morgan fingerprint density at radius 2 is 2.16 bits per heavy atom. The quantitative estimate of drug-likeness (QED) is 0.890. The van der Waals surface area contributed by atoms with E-state index < -0.39 is 0 Å². The highest BCUT2D eigenvalue weighted by atomic mass is 16.4. The van der Waals surface area contributed by atoms with E-state index in [1.807, 2.05) is 13.8 Å². The summed E-state index contributed by atoms with van der Waals surface area (Å²) in [7, 11) is 0. The fraction of sp³-hybridized carbons (Fsp3) is 0.714. The lowest BCUT2D eigenvalue weighted by Gasteiger charge is -2.19. The Bertz CT molecular complexity index is 454. The smallest absolute Gasteiger partial charge is 0.276 e. The third-order valence-electron chi connectivity index (χ3n) is 3.49. The van der Waals surface area contributed by atoms with Gasteiger partial charge in [-0.25, -0.2) is 4.98 Å². The molecule has 1 aliphatic heterocycles. The van der Waals surface area contributed by atoms with Crippen molar-refractivity contribution in [1.82, 2.24) is 9.88 Å². The van der Waals surface area contributed by atoms with Crippen LogP contribution < -0.4 is 0 Å². The molecule has 1 saturated heterocycles. The van der Waals surface area contributed by atoms with Crippen molar-refractivity contribution in [2.45, 2.75) is 52.1 Å². The van der Waals surface area contributed by atoms with E-state index in [-0.39, 0.29) is 17.9 Å². The summed E-state index contributed by atoms with van der Waals surface area (Å²) in [5, 5.41) is 9.62. The van der Waals surface area contributed by atoms with Crippen molar-refractivity contribution in [2.75, 3.05) is 13.1 Å². The molecule has 0 bridgehead atoms. The molecule has 19 heavy (non-hydrogen) atoms. The largest absolute Gasteiger partial charge is 0.445 e. The van der Waals surface area contributed by atoms with Crippen LogP contribution in [0.5, 0.6) is 0 Å². The molecule has 0 radical (unpaired) electrons. The van der Waals surface area contributed by atoms with E-state index in [0.717, 1.165) is 12.8 Å². The van der Waals surface area contributed by atoms with Crippen molar-refractivity contribution >= 4 is 5.91 Å². The summed E-state index contributed by atoms with van der Waals surface area (Å²) in [6, 6.07) is 0. The molecule has 1 amide bonds. The van der Waals surface area contributed by atoms with Gasteiger partial charge in [0.1, 0.15) is 5.76 Å². The molecule has 1 N–H and O–H groups in total. The number of hydrogen-bond acceptors (Lipinski definition) is 4. The topological polar surface area (TPSA) is 66.6 Å². The Hall–Kier alpha value is -1.36. The van der Waals surface area contributed by atoms with Crippen LogP contribution in [0.4, 0.5) is 0 Å². The number of amides is 1. The number of hydrogen-bond donors (Lipinski definition) is 1. The van der Waals surface area contributed by atoms with Gasteiger partial charge in [-0.15, -0.1) is 0 Å². The molecule has 5 nitrogen and oxygen atoms in total. The van der Waals surface area contributed by atoms with E-state index in [9.17, 15) is 9.90 Å². The van der Waals surface area contributed by atoms with Crippen molar-refractivity contribution in [1.29, 1.82) is 0 Å². The summed E-state index contributed by atoms with van der Waals surface area (Å²) in [4.78, 5) is 18.5. The lowest BCUT2D eigenvalue weighted by Crippen LogP contribution is -2.32. The van der Waals surface area contributed by atoms with Crippen LogP contribution in [0.1, 0.15) is 61.2 Å². The second-order valence-corrected chi connectivity index (χ2v) is 5.49. The van der Waals surface area contributed by atoms with Crippen LogP contribution >= 0.6 is 0 Å². The van der Waals surface area contributed by atoms with E-state index >= 15 is 0 Å². The summed E-state index contributed by atoms with van der Waals surface area (Å²) in [5.74, 6) is 1.28. The highest BCUT2D eigenvalue weighted by Crippen LogP contribution is 2.20. The summed E-state index contributed by atoms with van der Waals surface area (Å²) in [6.07, 6.45) is 1.95. The summed E-state index contributed by atoms with van der Waals surface area (Å²) < 4.78 is 5.53. The Morgan fingerprint density at radius 1 is 1.42 bits per heavy atom. The predicted molar refractivity (Wildman–Crippen MR) is 71.1 cm³/mol. The normalized spacial score (nSPS) is 20.7. The van der Waals surface area contributed by atoms with E-state index in [2.05, 4.69) is 4.98 Å². The third kappa shape index (κ3) is 3.15. The minimum absolute atomic E-state index is 0.0812. The highest BCUT2D eigenvalue weighted by molar-refractivity contribution is 5.93. The number of oxazole rings is 1. The summed E-state index contributed by atoms with van der Waals surface area (Å²) in [5.41, 5.74) is 0.417. The van der Waals surface area contributed by atoms with Crippen molar-refractivity contribution in [3.63, 3.8) is 0 Å². The number of nitrogens with zero attached hydrogens (tertiary/aromatic N) is 2. The number of aliphatic hydroxyl groups is 1. The lowest BCUT2D eigenvalue weighted by atomic mass is 10.2. The number of carbonyl (C=O) groups excluding carboxylic acids is 1. The molecule has 106 valence electrons. The van der Waals surface area contributed by atoms with Crippen LogP contribution in [0, 0.1) is 6.92 Å². The number of rotatable bonds is 2. The lowest BCUT2D eigenvalue weighted by molar-refractivity contribution is 0.0746. The van der Waals surface area contributed by atoms with Gasteiger partial charge in [0.25, 0.3) is 5.91 Å². The SMILES string of the molecule is Cc1oc(C(C)C)nc1C(=O)N1CCCC(O)CC1. The van der Waals surface area contributed by atoms with Gasteiger partial charge in [-0.3, -0.25) is 4.79 Å². The molecular weight excluding hydrogens is 244 g/mol. The van der Waals surface area contributed by atoms with E-state index in [1.54, 1.807) is 11.8 Å². The van der Waals surface area contributed by atoms with Crippen molar-refractivity contribution in [3.05, 3.63) is 17.3 Å². The van der Waals surface area contributed by atoms with Gasteiger partial charge >= 0.3 is 0 Å². The predicted octanol–water partition coefficient (Wildman–Crippen LogP) is 2.09. The molecule has 0 aliphatic carbocycles. The molecule has 1 atom stereocenters. The van der Waals surface area contributed by atoms with Gasteiger partial charge in [-0.1, -0.05) is 13.8 Å². The molecular formula is C14H22N2O3. The molecule has 0 saturated carbocycles. The van der Waals surface area contributed by atoms with E-state index in [1.165, 1.54) is 0 Å². The minimum Gasteiger partial charge on any atom is -0.445 e. The zero-order valence-electron chi connectivity index (χ0n) is 11.8. The fourth-order valence-corrected chi connectivity index (χ4v) is 2.29. The van der Waals surface area contributed by atoms with Crippen LogP contribution in [-0.4, -0.2) is 40.1 Å². The first kappa shape index (κ1) is 14.1. The van der Waals surface area contributed by atoms with Crippen molar-refractivity contribution in [2.24, 2.45) is 0 Å². The maximum atomic E-state index is 12.4. The molecule has 0 aromatic carbocycles. The Labute approximate surface area is 113 Å². The molecule has 1 aliphatic rings. The molecule has 0 spiro atoms. The van der Waals surface area contributed by atoms with Gasteiger partial charge in [0, 0.05) is 19.0 Å². The van der Waals surface area contributed by atoms with Gasteiger partial charge < -0.3 is 14.4 Å². The first-order valence-electron chi connectivity index (χ1n) is 6.93. The van der Waals surface area contributed by atoms with Gasteiger partial charge in [0.15, 0.2) is 11.6 Å². The molecule has 1 unspecified atom stereocenters. The zero-order chi connectivity index (χ0) is 14.0. The molecule has 5 heteroatoms. The maximum Gasteiger partial charge on any atom is 0.276 e. The standard InChI is InChI=1S/C14H22N2O3/c1-9(2)13-15-12(10(3)19-13)14(18)16-7-4-5-11(17)6-8-16/h9,11,17H,4-8H2,1-3H3. The van der Waals surface area contributed by atoms with Crippen LogP contribution in [0.3, 0.4) is 0 Å². The minimum atomic E-state index is -0.289. The first-order valence-corrected chi connectivity index (χ1v) is 6.93. The van der Waals surface area contributed by atoms with Crippen LogP contribution in [0.15, 0.2) is 4.42 Å². The fourth-order valence-electron chi connectivity index (χ4n) is 2.29. The first-order chi connectivity index (χ1) is 8.99. The molecule has 1 aromatic heterocycles. The van der Waals surface area contributed by atoms with E-state index in [4.69, 9.17) is 4.42 Å². The highest BCUT2D eigenvalue weighted by Gasteiger charge is 2.25. The van der Waals surface area contributed by atoms with Gasteiger partial charge in [-0.2, -0.15) is 0 Å². The summed E-state index contributed by atoms with van der Waals surface area (Å²) >= 11 is 0. The number of aryl methyl sites for hydroxylation is 1. The van der Waals surface area contributed by atoms with Gasteiger partial charge in [0.2, 0.25) is 0 Å². The van der Waals surface area contributed by atoms with E-state index in [0.29, 0.717) is 36.9 Å². The summed E-state index contributed by atoms with van der Waals surface area (Å²) in [6.45, 7) is 7.02. The monoisotopic (exact) mass is 266 g/mol. The third-order valence-corrected chi connectivity index (χ3v) is 3.49. The van der Waals surface area contributed by atoms with Crippen molar-refractivity contribution < 1.29 is 14.3 Å². The Kier molecular flexibility index (Phi) is 4.24. The Morgan fingerprint density at radius 3 is 2.79 bits per heavy atom. The van der Waals surface area contributed by atoms with Crippen LogP contribution in [-0.2, 0) is 0 Å². The second kappa shape index (κ2) is 5.74. The molecule has 1 fully saturated rings. The molecule has 2 heterocycles. The zero-order valence-corrected chi connectivity index (χ0v) is 11.8. The number of aromatic nitrogens is 1. The van der Waals surface area contributed by atoms with Gasteiger partial charge in [-0.05, 0) is 26.2 Å². The number of likely N-dealkylation sites (tertiary alicyclic amines) is 1. The molecule has 2 rings (SSSR count). The second-order valence-electron chi connectivity index (χ2n) is 5.49. The average molecular weight is 266 g/mol. The average Bonchev–Trinajstić information content (AvgIpc) is 2.61. The van der Waals surface area contributed by atoms with Crippen LogP contribution in [0.2, 0.25) is 0 Å². The number of carbonyl (C=O) groups is 1. The Balaban J connectivity index is 2.14. The van der Waals surface area contributed by atoms with Crippen LogP contribution in [0.25, 0.3) is 0 Å². The maximum absolute atomic E-state index is 12.4. The molecule has 1 aromatic rings.